The van der Waals surface area contributed by atoms with Crippen LogP contribution in [0.2, 0.25) is 0 Å². The van der Waals surface area contributed by atoms with Crippen molar-refractivity contribution in [3.63, 3.8) is 0 Å². The van der Waals surface area contributed by atoms with Crippen LogP contribution >= 0.6 is 0 Å². The Kier molecular flexibility index (Phi) is 4.28. The summed E-state index contributed by atoms with van der Waals surface area (Å²) in [5.41, 5.74) is 2.49. The zero-order valence-corrected chi connectivity index (χ0v) is 9.27. The topological polar surface area (TPSA) is 26.3 Å². The van der Waals surface area contributed by atoms with Crippen molar-refractivity contribution in [2.45, 2.75) is 0 Å². The fourth-order valence-corrected chi connectivity index (χ4v) is 1.33. The molecule has 2 heteroatoms. The van der Waals surface area contributed by atoms with Crippen molar-refractivity contribution in [1.29, 1.82) is 0 Å². The lowest BCUT2D eigenvalue weighted by atomic mass is 10.0. The lowest BCUT2D eigenvalue weighted by molar-refractivity contribution is 0.0601. The van der Waals surface area contributed by atoms with Crippen LogP contribution in [0.4, 0.5) is 0 Å². The molecule has 0 aliphatic rings. The second-order valence-corrected chi connectivity index (χ2v) is 3.13. The maximum atomic E-state index is 11.2. The van der Waals surface area contributed by atoms with Gasteiger partial charge in [-0.25, -0.2) is 4.79 Å². The Labute approximate surface area is 95.6 Å². The lowest BCUT2D eigenvalue weighted by Gasteiger charge is -2.03. The maximum Gasteiger partial charge on any atom is 0.337 e. The molecular formula is C14H14O2. The Bertz CT molecular complexity index is 425. The SMILES string of the molecule is C=C/C=C(\C=C)c1ccc(C(=O)OC)cc1. The van der Waals surface area contributed by atoms with Crippen molar-refractivity contribution < 1.29 is 9.53 Å². The lowest BCUT2D eigenvalue weighted by Crippen LogP contribution is -2.00. The van der Waals surface area contributed by atoms with E-state index in [9.17, 15) is 4.79 Å². The first-order chi connectivity index (χ1) is 7.72. The molecule has 1 aromatic carbocycles. The van der Waals surface area contributed by atoms with E-state index in [2.05, 4.69) is 17.9 Å². The van der Waals surface area contributed by atoms with Crippen LogP contribution in [-0.4, -0.2) is 13.1 Å². The number of carbonyl (C=O) groups is 1. The Morgan fingerprint density at radius 3 is 2.19 bits per heavy atom. The van der Waals surface area contributed by atoms with Gasteiger partial charge in [-0.3, -0.25) is 0 Å². The van der Waals surface area contributed by atoms with Gasteiger partial charge in [0.2, 0.25) is 0 Å². The molecule has 0 radical (unpaired) electrons. The van der Waals surface area contributed by atoms with Gasteiger partial charge in [-0.1, -0.05) is 43.5 Å². The first-order valence-electron chi connectivity index (χ1n) is 4.87. The van der Waals surface area contributed by atoms with E-state index in [-0.39, 0.29) is 5.97 Å². The molecule has 1 aromatic rings. The zero-order chi connectivity index (χ0) is 12.0. The summed E-state index contributed by atoms with van der Waals surface area (Å²) in [6, 6.07) is 7.15. The molecule has 0 spiro atoms. The normalized spacial score (nSPS) is 10.7. The molecule has 0 amide bonds. The van der Waals surface area contributed by atoms with Crippen LogP contribution in [0, 0.1) is 0 Å². The molecule has 82 valence electrons. The van der Waals surface area contributed by atoms with Crippen LogP contribution in [0.1, 0.15) is 15.9 Å². The van der Waals surface area contributed by atoms with E-state index in [0.29, 0.717) is 5.56 Å². The summed E-state index contributed by atoms with van der Waals surface area (Å²) in [5, 5.41) is 0. The Balaban J connectivity index is 3.02. The second kappa shape index (κ2) is 5.71. The first-order valence-corrected chi connectivity index (χ1v) is 4.87. The molecule has 0 N–H and O–H groups in total. The smallest absolute Gasteiger partial charge is 0.337 e. The molecule has 0 fully saturated rings. The summed E-state index contributed by atoms with van der Waals surface area (Å²) in [6.45, 7) is 7.36. The summed E-state index contributed by atoms with van der Waals surface area (Å²) in [4.78, 5) is 11.2. The highest BCUT2D eigenvalue weighted by molar-refractivity contribution is 5.90. The van der Waals surface area contributed by atoms with Crippen LogP contribution in [0.15, 0.2) is 55.7 Å². The van der Waals surface area contributed by atoms with Crippen molar-refractivity contribution in [3.8, 4) is 0 Å². The molecule has 0 bridgehead atoms. The highest BCUT2D eigenvalue weighted by atomic mass is 16.5. The number of methoxy groups -OCH3 is 1. The number of benzene rings is 1. The molecule has 0 aliphatic heterocycles. The highest BCUT2D eigenvalue weighted by Gasteiger charge is 2.04. The zero-order valence-electron chi connectivity index (χ0n) is 9.27. The van der Waals surface area contributed by atoms with Crippen molar-refractivity contribution in [2.24, 2.45) is 0 Å². The third kappa shape index (κ3) is 2.70. The predicted molar refractivity (Wildman–Crippen MR) is 66.2 cm³/mol. The Morgan fingerprint density at radius 2 is 1.75 bits per heavy atom. The van der Waals surface area contributed by atoms with Gasteiger partial charge in [0.05, 0.1) is 12.7 Å². The van der Waals surface area contributed by atoms with E-state index in [1.54, 1.807) is 24.3 Å². The maximum absolute atomic E-state index is 11.2. The fourth-order valence-electron chi connectivity index (χ4n) is 1.33. The third-order valence-corrected chi connectivity index (χ3v) is 2.16. The molecule has 16 heavy (non-hydrogen) atoms. The number of ether oxygens (including phenoxy) is 1. The minimum atomic E-state index is -0.334. The van der Waals surface area contributed by atoms with E-state index >= 15 is 0 Å². The highest BCUT2D eigenvalue weighted by Crippen LogP contribution is 2.16. The van der Waals surface area contributed by atoms with Gasteiger partial charge in [-0.05, 0) is 23.3 Å². The summed E-state index contributed by atoms with van der Waals surface area (Å²) in [5.74, 6) is -0.334. The first kappa shape index (κ1) is 12.0. The average molecular weight is 214 g/mol. The largest absolute Gasteiger partial charge is 0.465 e. The third-order valence-electron chi connectivity index (χ3n) is 2.16. The standard InChI is InChI=1S/C14H14O2/c1-4-6-11(5-2)12-7-9-13(10-8-12)14(15)16-3/h4-10H,1-2H2,3H3/b11-6+. The Hall–Kier alpha value is -2.09. The second-order valence-electron chi connectivity index (χ2n) is 3.13. The summed E-state index contributed by atoms with van der Waals surface area (Å²) in [6.07, 6.45) is 5.31. The number of allylic oxidation sites excluding steroid dienone is 4. The van der Waals surface area contributed by atoms with Crippen molar-refractivity contribution in [1.82, 2.24) is 0 Å². The predicted octanol–water partition coefficient (Wildman–Crippen LogP) is 3.23. The van der Waals surface area contributed by atoms with Gasteiger partial charge in [-0.2, -0.15) is 0 Å². The molecule has 0 unspecified atom stereocenters. The van der Waals surface area contributed by atoms with Crippen LogP contribution in [-0.2, 0) is 4.74 Å². The van der Waals surface area contributed by atoms with Crippen LogP contribution in [0.25, 0.3) is 5.57 Å². The molecule has 1 rings (SSSR count). The van der Waals surface area contributed by atoms with Crippen LogP contribution < -0.4 is 0 Å². The summed E-state index contributed by atoms with van der Waals surface area (Å²) in [7, 11) is 1.36. The van der Waals surface area contributed by atoms with Crippen molar-refractivity contribution in [3.05, 3.63) is 66.8 Å². The van der Waals surface area contributed by atoms with Crippen LogP contribution in [0.3, 0.4) is 0 Å². The quantitative estimate of drug-likeness (QED) is 0.568. The van der Waals surface area contributed by atoms with E-state index in [1.165, 1.54) is 7.11 Å². The molecule has 0 aromatic heterocycles. The van der Waals surface area contributed by atoms with E-state index in [4.69, 9.17) is 0 Å². The monoisotopic (exact) mass is 214 g/mol. The molecule has 2 nitrogen and oxygen atoms in total. The molecular weight excluding hydrogens is 200 g/mol. The van der Waals surface area contributed by atoms with Gasteiger partial charge >= 0.3 is 5.97 Å². The summed E-state index contributed by atoms with van der Waals surface area (Å²) < 4.78 is 4.62. The van der Waals surface area contributed by atoms with Gasteiger partial charge in [0.25, 0.3) is 0 Å². The number of rotatable bonds is 4. The minimum absolute atomic E-state index is 0.334. The molecule has 0 atom stereocenters. The fraction of sp³-hybridized carbons (Fsp3) is 0.0714. The molecule has 0 aliphatic carbocycles. The van der Waals surface area contributed by atoms with Crippen LogP contribution in [0.5, 0.6) is 0 Å². The number of hydrogen-bond acceptors (Lipinski definition) is 2. The van der Waals surface area contributed by atoms with Gasteiger partial charge in [0, 0.05) is 0 Å². The molecule has 0 saturated carbocycles. The van der Waals surface area contributed by atoms with Crippen molar-refractivity contribution >= 4 is 11.5 Å². The average Bonchev–Trinajstić information content (AvgIpc) is 2.35. The number of hydrogen-bond donors (Lipinski definition) is 0. The number of carbonyl (C=O) groups excluding carboxylic acids is 1. The van der Waals surface area contributed by atoms with Gasteiger partial charge < -0.3 is 4.74 Å². The van der Waals surface area contributed by atoms with E-state index in [0.717, 1.165) is 11.1 Å². The van der Waals surface area contributed by atoms with E-state index < -0.39 is 0 Å². The van der Waals surface area contributed by atoms with Crippen molar-refractivity contribution in [2.75, 3.05) is 7.11 Å². The van der Waals surface area contributed by atoms with E-state index in [1.807, 2.05) is 18.2 Å². The van der Waals surface area contributed by atoms with Gasteiger partial charge in [-0.15, -0.1) is 0 Å². The van der Waals surface area contributed by atoms with Gasteiger partial charge in [0.15, 0.2) is 0 Å². The summed E-state index contributed by atoms with van der Waals surface area (Å²) >= 11 is 0. The number of esters is 1. The minimum Gasteiger partial charge on any atom is -0.465 e. The van der Waals surface area contributed by atoms with Gasteiger partial charge in [0.1, 0.15) is 0 Å². The molecule has 0 heterocycles. The Morgan fingerprint density at radius 1 is 1.19 bits per heavy atom. The molecule has 0 saturated heterocycles.